The van der Waals surface area contributed by atoms with Crippen molar-refractivity contribution in [2.24, 2.45) is 5.92 Å². The van der Waals surface area contributed by atoms with E-state index in [1.165, 1.54) is 6.33 Å². The fourth-order valence-electron chi connectivity index (χ4n) is 1.78. The van der Waals surface area contributed by atoms with Crippen molar-refractivity contribution in [1.82, 2.24) is 14.8 Å². The van der Waals surface area contributed by atoms with Crippen LogP contribution >= 0.6 is 0 Å². The summed E-state index contributed by atoms with van der Waals surface area (Å²) in [6.45, 7) is 0.691. The number of benzene rings is 1. The first-order chi connectivity index (χ1) is 8.81. The summed E-state index contributed by atoms with van der Waals surface area (Å²) in [5, 5.41) is 6.97. The minimum Gasteiger partial charge on any atom is -0.326 e. The van der Waals surface area contributed by atoms with Gasteiger partial charge in [0.15, 0.2) is 0 Å². The number of amides is 1. The van der Waals surface area contributed by atoms with Gasteiger partial charge in [-0.3, -0.25) is 4.79 Å². The predicted molar refractivity (Wildman–Crippen MR) is 66.9 cm³/mol. The zero-order valence-electron chi connectivity index (χ0n) is 9.91. The van der Waals surface area contributed by atoms with Crippen LogP contribution in [-0.4, -0.2) is 20.7 Å². The van der Waals surface area contributed by atoms with Gasteiger partial charge in [0.05, 0.1) is 6.54 Å². The Kier molecular flexibility index (Phi) is 2.80. The van der Waals surface area contributed by atoms with Crippen LogP contribution in [0.5, 0.6) is 0 Å². The highest BCUT2D eigenvalue weighted by Gasteiger charge is 2.29. The van der Waals surface area contributed by atoms with Crippen molar-refractivity contribution in [3.63, 3.8) is 0 Å². The van der Waals surface area contributed by atoms with Crippen molar-refractivity contribution in [1.29, 1.82) is 0 Å². The molecule has 1 aliphatic carbocycles. The van der Waals surface area contributed by atoms with E-state index >= 15 is 0 Å². The van der Waals surface area contributed by atoms with Gasteiger partial charge in [0.1, 0.15) is 12.7 Å². The molecule has 1 N–H and O–H groups in total. The van der Waals surface area contributed by atoms with E-state index in [2.05, 4.69) is 15.4 Å². The highest BCUT2D eigenvalue weighted by Crippen LogP contribution is 2.30. The molecule has 1 saturated carbocycles. The van der Waals surface area contributed by atoms with Gasteiger partial charge in [-0.15, -0.1) is 0 Å². The van der Waals surface area contributed by atoms with Crippen molar-refractivity contribution >= 4 is 11.6 Å². The number of rotatable bonds is 4. The van der Waals surface area contributed by atoms with E-state index in [0.717, 1.165) is 24.1 Å². The minimum absolute atomic E-state index is 0.138. The van der Waals surface area contributed by atoms with E-state index < -0.39 is 0 Å². The van der Waals surface area contributed by atoms with Gasteiger partial charge >= 0.3 is 0 Å². The van der Waals surface area contributed by atoms with Crippen LogP contribution in [0.2, 0.25) is 0 Å². The molecule has 0 saturated heterocycles. The highest BCUT2D eigenvalue weighted by atomic mass is 16.2. The van der Waals surface area contributed by atoms with Crippen LogP contribution in [-0.2, 0) is 11.3 Å². The molecule has 5 heteroatoms. The second-order valence-electron chi connectivity index (χ2n) is 4.55. The van der Waals surface area contributed by atoms with E-state index in [9.17, 15) is 4.79 Å². The first kappa shape index (κ1) is 11.0. The lowest BCUT2D eigenvalue weighted by Crippen LogP contribution is -2.13. The van der Waals surface area contributed by atoms with Crippen molar-refractivity contribution in [3.8, 4) is 0 Å². The molecule has 0 spiro atoms. The Labute approximate surface area is 105 Å². The van der Waals surface area contributed by atoms with Crippen LogP contribution in [0.3, 0.4) is 0 Å². The number of aromatic nitrogens is 3. The molecule has 1 amide bonds. The Balaban J connectivity index is 1.63. The number of carbonyl (C=O) groups excluding carboxylic acids is 1. The molecular weight excluding hydrogens is 228 g/mol. The summed E-state index contributed by atoms with van der Waals surface area (Å²) in [4.78, 5) is 15.5. The fraction of sp³-hybridized carbons (Fsp3) is 0.308. The molecule has 1 aliphatic rings. The van der Waals surface area contributed by atoms with Gasteiger partial charge in [-0.25, -0.2) is 9.67 Å². The first-order valence-electron chi connectivity index (χ1n) is 6.03. The molecule has 1 fully saturated rings. The molecule has 5 nitrogen and oxygen atoms in total. The van der Waals surface area contributed by atoms with Crippen molar-refractivity contribution < 1.29 is 4.79 Å². The topological polar surface area (TPSA) is 59.8 Å². The van der Waals surface area contributed by atoms with Gasteiger partial charge < -0.3 is 5.32 Å². The van der Waals surface area contributed by atoms with Crippen molar-refractivity contribution in [2.75, 3.05) is 5.32 Å². The van der Waals surface area contributed by atoms with Gasteiger partial charge in [-0.2, -0.15) is 5.10 Å². The Morgan fingerprint density at radius 2 is 2.11 bits per heavy atom. The lowest BCUT2D eigenvalue weighted by Gasteiger charge is -2.06. The summed E-state index contributed by atoms with van der Waals surface area (Å²) in [5.74, 6) is 0.374. The molecule has 1 aromatic carbocycles. The van der Waals surface area contributed by atoms with Gasteiger partial charge in [-0.05, 0) is 30.5 Å². The van der Waals surface area contributed by atoms with E-state index in [4.69, 9.17) is 0 Å². The maximum Gasteiger partial charge on any atom is 0.227 e. The van der Waals surface area contributed by atoms with Crippen LogP contribution in [0, 0.1) is 5.92 Å². The normalized spacial score (nSPS) is 14.4. The van der Waals surface area contributed by atoms with Gasteiger partial charge in [0.25, 0.3) is 0 Å². The molecule has 3 rings (SSSR count). The lowest BCUT2D eigenvalue weighted by molar-refractivity contribution is -0.117. The second kappa shape index (κ2) is 4.60. The van der Waals surface area contributed by atoms with Crippen molar-refractivity contribution in [3.05, 3.63) is 42.5 Å². The molecule has 18 heavy (non-hydrogen) atoms. The van der Waals surface area contributed by atoms with E-state index in [-0.39, 0.29) is 11.8 Å². The number of nitrogens with one attached hydrogen (secondary N) is 1. The summed E-state index contributed by atoms with van der Waals surface area (Å²) in [6.07, 6.45) is 5.25. The van der Waals surface area contributed by atoms with Crippen LogP contribution < -0.4 is 5.32 Å². The number of nitrogens with zero attached hydrogens (tertiary/aromatic N) is 3. The predicted octanol–water partition coefficient (Wildman–Crippen LogP) is 1.67. The Hall–Kier alpha value is -2.17. The van der Waals surface area contributed by atoms with Crippen molar-refractivity contribution in [2.45, 2.75) is 19.4 Å². The molecule has 0 radical (unpaired) electrons. The van der Waals surface area contributed by atoms with Gasteiger partial charge in [0, 0.05) is 11.6 Å². The number of hydrogen-bond donors (Lipinski definition) is 1. The maximum absolute atomic E-state index is 11.6. The molecule has 0 aliphatic heterocycles. The summed E-state index contributed by atoms with van der Waals surface area (Å²) in [6, 6.07) is 7.83. The van der Waals surface area contributed by atoms with Crippen LogP contribution in [0.15, 0.2) is 36.9 Å². The standard InChI is InChI=1S/C13H14N4O/c18-13(11-3-4-11)16-12-5-1-10(2-6-12)7-17-9-14-8-15-17/h1-2,5-6,8-9,11H,3-4,7H2,(H,16,18). The zero-order chi connectivity index (χ0) is 12.4. The van der Waals surface area contributed by atoms with Gasteiger partial charge in [0.2, 0.25) is 5.91 Å². The SMILES string of the molecule is O=C(Nc1ccc(Cn2cncn2)cc1)C1CC1. The zero-order valence-corrected chi connectivity index (χ0v) is 9.91. The molecule has 92 valence electrons. The Morgan fingerprint density at radius 3 is 2.72 bits per heavy atom. The Bertz CT molecular complexity index is 529. The average Bonchev–Trinajstić information content (AvgIpc) is 3.11. The lowest BCUT2D eigenvalue weighted by atomic mass is 10.2. The largest absolute Gasteiger partial charge is 0.326 e. The Morgan fingerprint density at radius 1 is 1.33 bits per heavy atom. The van der Waals surface area contributed by atoms with Crippen LogP contribution in [0.4, 0.5) is 5.69 Å². The third-order valence-corrected chi connectivity index (χ3v) is 2.98. The highest BCUT2D eigenvalue weighted by molar-refractivity contribution is 5.93. The molecule has 0 atom stereocenters. The average molecular weight is 242 g/mol. The minimum atomic E-state index is 0.138. The fourth-order valence-corrected chi connectivity index (χ4v) is 1.78. The number of anilines is 1. The van der Waals surface area contributed by atoms with Gasteiger partial charge in [-0.1, -0.05) is 12.1 Å². The third-order valence-electron chi connectivity index (χ3n) is 2.98. The van der Waals surface area contributed by atoms with Crippen LogP contribution in [0.1, 0.15) is 18.4 Å². The molecule has 1 aromatic heterocycles. The van der Waals surface area contributed by atoms with E-state index in [1.54, 1.807) is 11.0 Å². The summed E-state index contributed by atoms with van der Waals surface area (Å²) in [7, 11) is 0. The molecule has 0 unspecified atom stereocenters. The molecule has 1 heterocycles. The van der Waals surface area contributed by atoms with E-state index in [0.29, 0.717) is 6.54 Å². The molecular formula is C13H14N4O. The number of hydrogen-bond acceptors (Lipinski definition) is 3. The molecule has 0 bridgehead atoms. The summed E-state index contributed by atoms with van der Waals surface area (Å²) in [5.41, 5.74) is 1.99. The molecule has 2 aromatic rings. The third kappa shape index (κ3) is 2.56. The maximum atomic E-state index is 11.6. The second-order valence-corrected chi connectivity index (χ2v) is 4.55. The van der Waals surface area contributed by atoms with E-state index in [1.807, 2.05) is 24.3 Å². The van der Waals surface area contributed by atoms with Crippen LogP contribution in [0.25, 0.3) is 0 Å². The summed E-state index contributed by atoms with van der Waals surface area (Å²) < 4.78 is 1.76. The monoisotopic (exact) mass is 242 g/mol. The smallest absolute Gasteiger partial charge is 0.227 e. The first-order valence-corrected chi connectivity index (χ1v) is 6.03. The quantitative estimate of drug-likeness (QED) is 0.887. The summed E-state index contributed by atoms with van der Waals surface area (Å²) >= 11 is 0. The number of carbonyl (C=O) groups is 1.